The molecule has 0 unspecified atom stereocenters. The molecule has 0 bridgehead atoms. The van der Waals surface area contributed by atoms with E-state index in [9.17, 15) is 4.79 Å². The van der Waals surface area contributed by atoms with E-state index in [4.69, 9.17) is 0 Å². The van der Waals surface area contributed by atoms with Crippen LogP contribution in [0.15, 0.2) is 36.5 Å². The van der Waals surface area contributed by atoms with Gasteiger partial charge in [-0.1, -0.05) is 29.3 Å². The lowest BCUT2D eigenvalue weighted by atomic mass is 10.1. The van der Waals surface area contributed by atoms with Crippen molar-refractivity contribution in [2.45, 2.75) is 20.4 Å². The quantitative estimate of drug-likeness (QED) is 0.718. The summed E-state index contributed by atoms with van der Waals surface area (Å²) < 4.78 is 1.96. The number of aromatic nitrogens is 1. The second kappa shape index (κ2) is 4.35. The van der Waals surface area contributed by atoms with Gasteiger partial charge in [-0.05, 0) is 31.5 Å². The highest BCUT2D eigenvalue weighted by molar-refractivity contribution is 5.72. The first-order valence-electron chi connectivity index (χ1n) is 5.36. The number of nitrogens with zero attached hydrogens (tertiary/aromatic N) is 1. The van der Waals surface area contributed by atoms with Gasteiger partial charge < -0.3 is 4.57 Å². The average Bonchev–Trinajstić information content (AvgIpc) is 2.63. The van der Waals surface area contributed by atoms with E-state index in [0.29, 0.717) is 0 Å². The fraction of sp³-hybridized carbons (Fsp3) is 0.214. The van der Waals surface area contributed by atoms with Gasteiger partial charge in [0.25, 0.3) is 0 Å². The summed E-state index contributed by atoms with van der Waals surface area (Å²) in [6, 6.07) is 10.2. The van der Waals surface area contributed by atoms with Crippen molar-refractivity contribution in [3.05, 3.63) is 58.9 Å². The Kier molecular flexibility index (Phi) is 2.91. The van der Waals surface area contributed by atoms with Gasteiger partial charge in [0.2, 0.25) is 0 Å². The lowest BCUT2D eigenvalue weighted by molar-refractivity contribution is 0.111. The number of aldehydes is 1. The van der Waals surface area contributed by atoms with Crippen LogP contribution < -0.4 is 0 Å². The molecular weight excluding hydrogens is 198 g/mol. The van der Waals surface area contributed by atoms with Gasteiger partial charge >= 0.3 is 0 Å². The topological polar surface area (TPSA) is 22.0 Å². The number of carbonyl (C=O) groups is 1. The number of rotatable bonds is 3. The number of aryl methyl sites for hydroxylation is 2. The highest BCUT2D eigenvalue weighted by atomic mass is 16.1. The fourth-order valence-electron chi connectivity index (χ4n) is 2.04. The minimum Gasteiger partial charge on any atom is -0.341 e. The Bertz CT molecular complexity index is 491. The molecular formula is C14H15NO. The standard InChI is InChI=1S/C14H15NO/c1-11-6-12(2)8-13(7-11)9-15-5-3-4-14(15)10-16/h3-8,10H,9H2,1-2H3. The number of hydrogen-bond acceptors (Lipinski definition) is 1. The normalized spacial score (nSPS) is 10.4. The lowest BCUT2D eigenvalue weighted by Crippen LogP contribution is -2.02. The Balaban J connectivity index is 2.30. The van der Waals surface area contributed by atoms with Crippen LogP contribution in [0.2, 0.25) is 0 Å². The molecule has 1 aromatic heterocycles. The van der Waals surface area contributed by atoms with Crippen LogP contribution in [-0.2, 0) is 6.54 Å². The maximum atomic E-state index is 10.8. The maximum Gasteiger partial charge on any atom is 0.166 e. The van der Waals surface area contributed by atoms with Gasteiger partial charge in [0.15, 0.2) is 6.29 Å². The van der Waals surface area contributed by atoms with Crippen LogP contribution in [0.3, 0.4) is 0 Å². The molecule has 2 heteroatoms. The molecule has 82 valence electrons. The Morgan fingerprint density at radius 2 is 1.88 bits per heavy atom. The van der Waals surface area contributed by atoms with Crippen LogP contribution in [0.1, 0.15) is 27.2 Å². The van der Waals surface area contributed by atoms with Crippen molar-refractivity contribution in [2.75, 3.05) is 0 Å². The molecule has 0 saturated carbocycles. The number of carbonyl (C=O) groups excluding carboxylic acids is 1. The van der Waals surface area contributed by atoms with Gasteiger partial charge in [0.1, 0.15) is 0 Å². The summed E-state index contributed by atoms with van der Waals surface area (Å²) in [6.45, 7) is 4.93. The molecule has 2 nitrogen and oxygen atoms in total. The Labute approximate surface area is 95.5 Å². The smallest absolute Gasteiger partial charge is 0.166 e. The minimum absolute atomic E-state index is 0.721. The molecule has 0 aliphatic carbocycles. The van der Waals surface area contributed by atoms with E-state index in [2.05, 4.69) is 32.0 Å². The summed E-state index contributed by atoms with van der Waals surface area (Å²) in [6.07, 6.45) is 2.82. The molecule has 1 aromatic carbocycles. The van der Waals surface area contributed by atoms with Crippen LogP contribution in [-0.4, -0.2) is 10.9 Å². The molecule has 0 aliphatic heterocycles. The molecule has 0 fully saturated rings. The minimum atomic E-state index is 0.721. The van der Waals surface area contributed by atoms with Gasteiger partial charge in [-0.25, -0.2) is 0 Å². The van der Waals surface area contributed by atoms with Gasteiger partial charge in [-0.3, -0.25) is 4.79 Å². The van der Waals surface area contributed by atoms with Crippen LogP contribution >= 0.6 is 0 Å². The Hall–Kier alpha value is -1.83. The second-order valence-electron chi connectivity index (χ2n) is 4.17. The van der Waals surface area contributed by atoms with Crippen molar-refractivity contribution in [3.63, 3.8) is 0 Å². The maximum absolute atomic E-state index is 10.8. The van der Waals surface area contributed by atoms with Crippen LogP contribution in [0.4, 0.5) is 0 Å². The van der Waals surface area contributed by atoms with Gasteiger partial charge in [0.05, 0.1) is 5.69 Å². The first-order valence-corrected chi connectivity index (χ1v) is 5.36. The largest absolute Gasteiger partial charge is 0.341 e. The summed E-state index contributed by atoms with van der Waals surface area (Å²) in [5.74, 6) is 0. The molecule has 0 saturated heterocycles. The van der Waals surface area contributed by atoms with E-state index in [0.717, 1.165) is 18.5 Å². The predicted octanol–water partition coefficient (Wildman–Crippen LogP) is 2.97. The fourth-order valence-corrected chi connectivity index (χ4v) is 2.04. The summed E-state index contributed by atoms with van der Waals surface area (Å²) in [5.41, 5.74) is 4.47. The summed E-state index contributed by atoms with van der Waals surface area (Å²) in [5, 5.41) is 0. The van der Waals surface area contributed by atoms with Crippen molar-refractivity contribution in [3.8, 4) is 0 Å². The molecule has 1 heterocycles. The second-order valence-corrected chi connectivity index (χ2v) is 4.17. The SMILES string of the molecule is Cc1cc(C)cc(Cn2cccc2C=O)c1. The molecule has 0 aliphatic rings. The van der Waals surface area contributed by atoms with Crippen LogP contribution in [0, 0.1) is 13.8 Å². The summed E-state index contributed by atoms with van der Waals surface area (Å²) >= 11 is 0. The van der Waals surface area contributed by atoms with Gasteiger partial charge in [-0.15, -0.1) is 0 Å². The first kappa shape index (κ1) is 10.7. The molecule has 0 N–H and O–H groups in total. The average molecular weight is 213 g/mol. The zero-order valence-electron chi connectivity index (χ0n) is 9.60. The molecule has 0 radical (unpaired) electrons. The molecule has 0 amide bonds. The monoisotopic (exact) mass is 213 g/mol. The van der Waals surface area contributed by atoms with E-state index >= 15 is 0 Å². The van der Waals surface area contributed by atoms with E-state index in [1.165, 1.54) is 16.7 Å². The zero-order chi connectivity index (χ0) is 11.5. The van der Waals surface area contributed by atoms with Gasteiger partial charge in [-0.2, -0.15) is 0 Å². The summed E-state index contributed by atoms with van der Waals surface area (Å²) in [4.78, 5) is 10.8. The lowest BCUT2D eigenvalue weighted by Gasteiger charge is -2.07. The zero-order valence-corrected chi connectivity index (χ0v) is 9.60. The third-order valence-corrected chi connectivity index (χ3v) is 2.62. The van der Waals surface area contributed by atoms with Crippen molar-refractivity contribution >= 4 is 6.29 Å². The Morgan fingerprint density at radius 1 is 1.19 bits per heavy atom. The highest BCUT2D eigenvalue weighted by Crippen LogP contribution is 2.11. The van der Waals surface area contributed by atoms with Crippen molar-refractivity contribution in [2.24, 2.45) is 0 Å². The van der Waals surface area contributed by atoms with Crippen molar-refractivity contribution in [1.29, 1.82) is 0 Å². The van der Waals surface area contributed by atoms with Gasteiger partial charge in [0, 0.05) is 12.7 Å². The Morgan fingerprint density at radius 3 is 2.50 bits per heavy atom. The van der Waals surface area contributed by atoms with Crippen LogP contribution in [0.5, 0.6) is 0 Å². The van der Waals surface area contributed by atoms with Crippen LogP contribution in [0.25, 0.3) is 0 Å². The van der Waals surface area contributed by atoms with E-state index in [1.54, 1.807) is 0 Å². The molecule has 0 spiro atoms. The van der Waals surface area contributed by atoms with E-state index in [1.807, 2.05) is 22.9 Å². The predicted molar refractivity (Wildman–Crippen MR) is 64.8 cm³/mol. The van der Waals surface area contributed by atoms with E-state index in [-0.39, 0.29) is 0 Å². The van der Waals surface area contributed by atoms with E-state index < -0.39 is 0 Å². The first-order chi connectivity index (χ1) is 7.69. The molecule has 0 atom stereocenters. The highest BCUT2D eigenvalue weighted by Gasteiger charge is 2.01. The summed E-state index contributed by atoms with van der Waals surface area (Å²) in [7, 11) is 0. The molecule has 2 rings (SSSR count). The number of benzene rings is 1. The van der Waals surface area contributed by atoms with Crippen molar-refractivity contribution in [1.82, 2.24) is 4.57 Å². The molecule has 16 heavy (non-hydrogen) atoms. The third-order valence-electron chi connectivity index (χ3n) is 2.62. The number of hydrogen-bond donors (Lipinski definition) is 0. The van der Waals surface area contributed by atoms with Crippen molar-refractivity contribution < 1.29 is 4.79 Å². The third kappa shape index (κ3) is 2.22. The molecule has 2 aromatic rings.